The van der Waals surface area contributed by atoms with Gasteiger partial charge in [-0.2, -0.15) is 0 Å². The Balaban J connectivity index is 4.77. The lowest BCUT2D eigenvalue weighted by atomic mass is 9.71. The minimum atomic E-state index is -0.208. The minimum Gasteiger partial charge on any atom is -0.299 e. The van der Waals surface area contributed by atoms with Crippen molar-refractivity contribution in [2.45, 2.75) is 61.8 Å². The molecule has 0 bridgehead atoms. The number of carbonyl (C=O) groups is 1. The maximum Gasteiger partial charge on any atom is 0.141 e. The van der Waals surface area contributed by atoms with Crippen molar-refractivity contribution in [3.05, 3.63) is 0 Å². The quantitative estimate of drug-likeness (QED) is 0.681. The van der Waals surface area contributed by atoms with Gasteiger partial charge in [-0.05, 0) is 17.8 Å². The molecule has 0 spiro atoms. The van der Waals surface area contributed by atoms with Gasteiger partial charge in [0.2, 0.25) is 0 Å². The minimum absolute atomic E-state index is 0.199. The van der Waals surface area contributed by atoms with Gasteiger partial charge in [0, 0.05) is 11.3 Å². The Morgan fingerprint density at radius 2 is 1.40 bits per heavy atom. The molecule has 1 nitrogen and oxygen atoms in total. The highest BCUT2D eigenvalue weighted by Gasteiger charge is 2.33. The van der Waals surface area contributed by atoms with Gasteiger partial charge < -0.3 is 0 Å². The molecule has 0 aliphatic rings. The zero-order valence-corrected chi connectivity index (χ0v) is 11.8. The summed E-state index contributed by atoms with van der Waals surface area (Å²) in [6.45, 7) is 17.0. The van der Waals surface area contributed by atoms with Gasteiger partial charge in [-0.1, -0.05) is 55.4 Å². The lowest BCUT2D eigenvalue weighted by Crippen LogP contribution is -2.34. The van der Waals surface area contributed by atoms with Crippen molar-refractivity contribution in [1.29, 1.82) is 0 Å². The molecule has 0 aliphatic heterocycles. The first kappa shape index (κ1) is 14.7. The van der Waals surface area contributed by atoms with Crippen molar-refractivity contribution in [2.24, 2.45) is 22.7 Å². The Morgan fingerprint density at radius 1 is 1.00 bits per heavy atom. The Hall–Kier alpha value is -0.330. The molecule has 0 aromatic rings. The van der Waals surface area contributed by atoms with E-state index in [0.29, 0.717) is 11.7 Å². The molecular formula is C14H28O. The molecule has 0 radical (unpaired) electrons. The number of hydrogen-bond donors (Lipinski definition) is 0. The highest BCUT2D eigenvalue weighted by atomic mass is 16.1. The highest BCUT2D eigenvalue weighted by Crippen LogP contribution is 2.34. The molecule has 0 heterocycles. The van der Waals surface area contributed by atoms with Crippen LogP contribution in [-0.4, -0.2) is 5.78 Å². The molecule has 0 unspecified atom stereocenters. The van der Waals surface area contributed by atoms with Crippen LogP contribution in [0.5, 0.6) is 0 Å². The fourth-order valence-electron chi connectivity index (χ4n) is 1.85. The summed E-state index contributed by atoms with van der Waals surface area (Å²) in [4.78, 5) is 12.3. The molecule has 15 heavy (non-hydrogen) atoms. The normalized spacial score (nSPS) is 15.5. The van der Waals surface area contributed by atoms with E-state index in [2.05, 4.69) is 34.6 Å². The lowest BCUT2D eigenvalue weighted by Gasteiger charge is -2.32. The molecule has 1 atom stereocenters. The SMILES string of the molecule is CC(C)[C@@H](CC(C)(C)C)C(=O)C(C)(C)C. The predicted octanol–water partition coefficient (Wildman–Crippen LogP) is 4.31. The van der Waals surface area contributed by atoms with Crippen LogP contribution in [-0.2, 0) is 4.79 Å². The molecule has 0 aromatic carbocycles. The van der Waals surface area contributed by atoms with E-state index in [1.54, 1.807) is 0 Å². The lowest BCUT2D eigenvalue weighted by molar-refractivity contribution is -0.132. The zero-order chi connectivity index (χ0) is 12.4. The van der Waals surface area contributed by atoms with Crippen LogP contribution in [0.1, 0.15) is 61.8 Å². The van der Waals surface area contributed by atoms with Crippen molar-refractivity contribution >= 4 is 5.78 Å². The summed E-state index contributed by atoms with van der Waals surface area (Å²) in [5.41, 5.74) is 0.0238. The standard InChI is InChI=1S/C14H28O/c1-10(2)11(9-13(3,4)5)12(15)14(6,7)8/h10-11H,9H2,1-8H3/t11-/m1/s1. The van der Waals surface area contributed by atoms with Crippen LogP contribution in [0, 0.1) is 22.7 Å². The van der Waals surface area contributed by atoms with Gasteiger partial charge in [0.15, 0.2) is 0 Å². The van der Waals surface area contributed by atoms with Gasteiger partial charge in [0.25, 0.3) is 0 Å². The van der Waals surface area contributed by atoms with Crippen LogP contribution in [0.2, 0.25) is 0 Å². The van der Waals surface area contributed by atoms with Gasteiger partial charge in [0.1, 0.15) is 5.78 Å². The molecule has 0 amide bonds. The molecule has 0 saturated heterocycles. The first-order valence-corrected chi connectivity index (χ1v) is 5.99. The maximum atomic E-state index is 12.3. The van der Waals surface area contributed by atoms with Crippen molar-refractivity contribution in [2.75, 3.05) is 0 Å². The van der Waals surface area contributed by atoms with Crippen LogP contribution in [0.4, 0.5) is 0 Å². The molecular weight excluding hydrogens is 184 g/mol. The van der Waals surface area contributed by atoms with E-state index in [-0.39, 0.29) is 16.7 Å². The maximum absolute atomic E-state index is 12.3. The monoisotopic (exact) mass is 212 g/mol. The number of ketones is 1. The fraction of sp³-hybridized carbons (Fsp3) is 0.929. The third-order valence-electron chi connectivity index (χ3n) is 2.71. The molecule has 0 rings (SSSR count). The Bertz CT molecular complexity index is 212. The molecule has 0 saturated carbocycles. The summed E-state index contributed by atoms with van der Waals surface area (Å²) < 4.78 is 0. The summed E-state index contributed by atoms with van der Waals surface area (Å²) in [7, 11) is 0. The van der Waals surface area contributed by atoms with Crippen molar-refractivity contribution in [3.8, 4) is 0 Å². The number of hydrogen-bond acceptors (Lipinski definition) is 1. The average Bonchev–Trinajstić information content (AvgIpc) is 1.94. The second kappa shape index (κ2) is 4.67. The van der Waals surface area contributed by atoms with Gasteiger partial charge >= 0.3 is 0 Å². The smallest absolute Gasteiger partial charge is 0.141 e. The van der Waals surface area contributed by atoms with Gasteiger partial charge in [-0.25, -0.2) is 0 Å². The van der Waals surface area contributed by atoms with Crippen LogP contribution in [0.3, 0.4) is 0 Å². The largest absolute Gasteiger partial charge is 0.299 e. The second-order valence-electron chi connectivity index (χ2n) is 7.23. The second-order valence-corrected chi connectivity index (χ2v) is 7.23. The summed E-state index contributed by atoms with van der Waals surface area (Å²) in [5.74, 6) is 1.05. The molecule has 0 aliphatic carbocycles. The van der Waals surface area contributed by atoms with E-state index in [1.165, 1.54) is 0 Å². The van der Waals surface area contributed by atoms with Crippen LogP contribution < -0.4 is 0 Å². The van der Waals surface area contributed by atoms with E-state index in [9.17, 15) is 4.79 Å². The van der Waals surface area contributed by atoms with Gasteiger partial charge in [-0.3, -0.25) is 4.79 Å². The van der Waals surface area contributed by atoms with Crippen molar-refractivity contribution in [1.82, 2.24) is 0 Å². The summed E-state index contributed by atoms with van der Waals surface area (Å²) in [6, 6.07) is 0. The Morgan fingerprint density at radius 3 is 1.60 bits per heavy atom. The molecule has 0 aromatic heterocycles. The van der Waals surface area contributed by atoms with Gasteiger partial charge in [-0.15, -0.1) is 0 Å². The van der Waals surface area contributed by atoms with E-state index in [4.69, 9.17) is 0 Å². The fourth-order valence-corrected chi connectivity index (χ4v) is 1.85. The zero-order valence-electron chi connectivity index (χ0n) is 11.8. The van der Waals surface area contributed by atoms with Crippen molar-refractivity contribution < 1.29 is 4.79 Å². The molecule has 0 N–H and O–H groups in total. The Labute approximate surface area is 95.6 Å². The summed E-state index contributed by atoms with van der Waals surface area (Å²) in [6.07, 6.45) is 0.987. The number of Topliss-reactive ketones (excluding diaryl/α,β-unsaturated/α-hetero) is 1. The first-order chi connectivity index (χ1) is 6.45. The molecule has 0 fully saturated rings. The van der Waals surface area contributed by atoms with Crippen LogP contribution >= 0.6 is 0 Å². The number of rotatable bonds is 3. The molecule has 1 heteroatoms. The first-order valence-electron chi connectivity index (χ1n) is 5.99. The summed E-state index contributed by atoms with van der Waals surface area (Å²) >= 11 is 0. The van der Waals surface area contributed by atoms with E-state index in [1.807, 2.05) is 20.8 Å². The third kappa shape index (κ3) is 5.34. The van der Waals surface area contributed by atoms with E-state index >= 15 is 0 Å². The highest BCUT2D eigenvalue weighted by molar-refractivity contribution is 5.86. The third-order valence-corrected chi connectivity index (χ3v) is 2.71. The van der Waals surface area contributed by atoms with Crippen molar-refractivity contribution in [3.63, 3.8) is 0 Å². The Kier molecular flexibility index (Phi) is 4.57. The molecule has 90 valence electrons. The summed E-state index contributed by atoms with van der Waals surface area (Å²) in [5, 5.41) is 0. The average molecular weight is 212 g/mol. The van der Waals surface area contributed by atoms with E-state index < -0.39 is 0 Å². The van der Waals surface area contributed by atoms with Crippen LogP contribution in [0.25, 0.3) is 0 Å². The van der Waals surface area contributed by atoms with Crippen LogP contribution in [0.15, 0.2) is 0 Å². The topological polar surface area (TPSA) is 17.1 Å². The van der Waals surface area contributed by atoms with E-state index in [0.717, 1.165) is 6.42 Å². The number of carbonyl (C=O) groups excluding carboxylic acids is 1. The van der Waals surface area contributed by atoms with Gasteiger partial charge in [0.05, 0.1) is 0 Å². The predicted molar refractivity (Wildman–Crippen MR) is 66.9 cm³/mol.